The van der Waals surface area contributed by atoms with Gasteiger partial charge in [0.1, 0.15) is 18.0 Å². The van der Waals surface area contributed by atoms with Gasteiger partial charge < -0.3 is 5.73 Å². The lowest BCUT2D eigenvalue weighted by molar-refractivity contribution is -0.121. The number of hydrogen-bond acceptors (Lipinski definition) is 3. The Kier molecular flexibility index (Phi) is 4.20. The predicted octanol–water partition coefficient (Wildman–Crippen LogP) is 1.36. The number of nitrogen functional groups attached to an aromatic ring is 1. The zero-order chi connectivity index (χ0) is 14.8. The highest BCUT2D eigenvalue weighted by Crippen LogP contribution is 2.24. The molecule has 0 saturated carbocycles. The van der Waals surface area contributed by atoms with Crippen molar-refractivity contribution in [3.8, 4) is 0 Å². The van der Waals surface area contributed by atoms with E-state index in [4.69, 9.17) is 5.73 Å². The molecule has 0 amide bonds. The van der Waals surface area contributed by atoms with Crippen LogP contribution in [0.5, 0.6) is 0 Å². The summed E-state index contributed by atoms with van der Waals surface area (Å²) in [4.78, 5) is 0. The molecule has 11 heteroatoms. The highest BCUT2D eigenvalue weighted by Gasteiger charge is 2.30. The highest BCUT2D eigenvalue weighted by molar-refractivity contribution is 7.90. The molecule has 0 fully saturated rings. The molecule has 1 aromatic carbocycles. The highest BCUT2D eigenvalue weighted by atomic mass is 32.2. The van der Waals surface area contributed by atoms with Crippen molar-refractivity contribution in [3.05, 3.63) is 23.8 Å². The third-order valence-corrected chi connectivity index (χ3v) is 2.78. The average Bonchev–Trinajstić information content (AvgIpc) is 2.20. The van der Waals surface area contributed by atoms with E-state index in [9.17, 15) is 30.4 Å². The molecular weight excluding hydrogens is 297 g/mol. The molecule has 0 aliphatic rings. The molecule has 0 bridgehead atoms. The van der Waals surface area contributed by atoms with Gasteiger partial charge in [-0.2, -0.15) is 26.3 Å². The van der Waals surface area contributed by atoms with Gasteiger partial charge in [0.15, 0.2) is 5.82 Å². The molecule has 0 aliphatic carbocycles. The third kappa shape index (κ3) is 4.87. The van der Waals surface area contributed by atoms with Crippen LogP contribution < -0.4 is 15.2 Å². The van der Waals surface area contributed by atoms with Gasteiger partial charge in [-0.25, -0.2) is 8.78 Å². The first-order chi connectivity index (χ1) is 8.50. The van der Waals surface area contributed by atoms with Crippen molar-refractivity contribution in [3.63, 3.8) is 0 Å². The fourth-order valence-corrected chi connectivity index (χ4v) is 1.96. The normalized spacial score (nSPS) is 12.5. The quantitative estimate of drug-likeness (QED) is 0.580. The SMILES string of the molecule is Nc1cc(F)cc(F)c1NS(=O)(=O)NCC(F)(F)F. The largest absolute Gasteiger partial charge is 0.402 e. The maximum absolute atomic E-state index is 13.2. The number of nitrogens with two attached hydrogens (primary N) is 1. The molecule has 1 rings (SSSR count). The van der Waals surface area contributed by atoms with Crippen LogP contribution in [-0.4, -0.2) is 21.1 Å². The predicted molar refractivity (Wildman–Crippen MR) is 57.4 cm³/mol. The summed E-state index contributed by atoms with van der Waals surface area (Å²) in [6, 6.07) is 0.947. The number of benzene rings is 1. The van der Waals surface area contributed by atoms with Crippen LogP contribution in [0.25, 0.3) is 0 Å². The van der Waals surface area contributed by atoms with E-state index >= 15 is 0 Å². The number of alkyl halides is 3. The summed E-state index contributed by atoms with van der Waals surface area (Å²) in [6.07, 6.45) is -4.78. The van der Waals surface area contributed by atoms with E-state index in [2.05, 4.69) is 0 Å². The van der Waals surface area contributed by atoms with E-state index < -0.39 is 45.9 Å². The Balaban J connectivity index is 2.90. The first-order valence-corrected chi connectivity index (χ1v) is 6.07. The van der Waals surface area contributed by atoms with E-state index in [1.54, 1.807) is 0 Å². The molecule has 0 radical (unpaired) electrons. The number of nitrogens with one attached hydrogen (secondary N) is 2. The topological polar surface area (TPSA) is 84.2 Å². The summed E-state index contributed by atoms with van der Waals surface area (Å²) in [7, 11) is -4.69. The molecule has 0 saturated heterocycles. The Morgan fingerprint density at radius 1 is 1.21 bits per heavy atom. The molecule has 4 N–H and O–H groups in total. The van der Waals surface area contributed by atoms with Crippen molar-refractivity contribution in [2.24, 2.45) is 0 Å². The Bertz CT molecular complexity index is 549. The standard InChI is InChI=1S/C8H8F5N3O2S/c9-4-1-5(10)7(6(14)2-4)16-19(17,18)15-3-8(11,12)13/h1-2,15-16H,3,14H2. The summed E-state index contributed by atoms with van der Waals surface area (Å²) in [5, 5.41) is 0. The van der Waals surface area contributed by atoms with Crippen LogP contribution in [0, 0.1) is 11.6 Å². The second-order valence-corrected chi connectivity index (χ2v) is 4.89. The first kappa shape index (κ1) is 15.4. The van der Waals surface area contributed by atoms with E-state index in [1.165, 1.54) is 4.72 Å². The maximum Gasteiger partial charge on any atom is 0.402 e. The average molecular weight is 305 g/mol. The van der Waals surface area contributed by atoms with Crippen molar-refractivity contribution >= 4 is 21.6 Å². The van der Waals surface area contributed by atoms with Crippen molar-refractivity contribution < 1.29 is 30.4 Å². The van der Waals surface area contributed by atoms with E-state index in [0.29, 0.717) is 12.1 Å². The van der Waals surface area contributed by atoms with Gasteiger partial charge in [-0.1, -0.05) is 0 Å². The van der Waals surface area contributed by atoms with Crippen LogP contribution in [0.1, 0.15) is 0 Å². The molecule has 0 unspecified atom stereocenters. The van der Waals surface area contributed by atoms with Gasteiger partial charge in [-0.05, 0) is 6.07 Å². The van der Waals surface area contributed by atoms with Crippen molar-refractivity contribution in [1.29, 1.82) is 0 Å². The van der Waals surface area contributed by atoms with Crippen LogP contribution in [0.2, 0.25) is 0 Å². The molecule has 19 heavy (non-hydrogen) atoms. The molecule has 0 heterocycles. The van der Waals surface area contributed by atoms with Crippen molar-refractivity contribution in [2.75, 3.05) is 17.0 Å². The lowest BCUT2D eigenvalue weighted by Crippen LogP contribution is -2.37. The molecular formula is C8H8F5N3O2S. The Morgan fingerprint density at radius 2 is 1.79 bits per heavy atom. The molecule has 5 nitrogen and oxygen atoms in total. The number of hydrogen-bond donors (Lipinski definition) is 3. The van der Waals surface area contributed by atoms with Crippen LogP contribution in [-0.2, 0) is 10.2 Å². The summed E-state index contributed by atoms with van der Waals surface area (Å²) >= 11 is 0. The minimum atomic E-state index is -4.78. The third-order valence-electron chi connectivity index (χ3n) is 1.78. The lowest BCUT2D eigenvalue weighted by atomic mass is 10.2. The summed E-state index contributed by atoms with van der Waals surface area (Å²) in [5.74, 6) is -2.41. The Labute approximate surface area is 104 Å². The second kappa shape index (κ2) is 5.17. The van der Waals surface area contributed by atoms with Gasteiger partial charge in [-0.3, -0.25) is 4.72 Å². The number of rotatable bonds is 4. The maximum atomic E-state index is 13.2. The monoisotopic (exact) mass is 305 g/mol. The fraction of sp³-hybridized carbons (Fsp3) is 0.250. The molecule has 1 aromatic rings. The minimum Gasteiger partial charge on any atom is -0.397 e. The number of halogens is 5. The molecule has 0 aromatic heterocycles. The van der Waals surface area contributed by atoms with E-state index in [1.807, 2.05) is 0 Å². The van der Waals surface area contributed by atoms with Crippen LogP contribution in [0.3, 0.4) is 0 Å². The van der Waals surface area contributed by atoms with Crippen molar-refractivity contribution in [1.82, 2.24) is 4.72 Å². The zero-order valence-corrected chi connectivity index (χ0v) is 9.87. The lowest BCUT2D eigenvalue weighted by Gasteiger charge is -2.13. The van der Waals surface area contributed by atoms with E-state index in [-0.39, 0.29) is 0 Å². The minimum absolute atomic E-state index is 0.331. The Hall–Kier alpha value is -1.62. The van der Waals surface area contributed by atoms with Crippen LogP contribution in [0.4, 0.5) is 33.3 Å². The Morgan fingerprint density at radius 3 is 2.26 bits per heavy atom. The van der Waals surface area contributed by atoms with Gasteiger partial charge in [0.25, 0.3) is 10.2 Å². The van der Waals surface area contributed by atoms with Gasteiger partial charge in [0.2, 0.25) is 0 Å². The fourth-order valence-electron chi connectivity index (χ4n) is 1.05. The molecule has 0 aliphatic heterocycles. The van der Waals surface area contributed by atoms with Crippen LogP contribution in [0.15, 0.2) is 12.1 Å². The van der Waals surface area contributed by atoms with Crippen molar-refractivity contribution in [2.45, 2.75) is 6.18 Å². The van der Waals surface area contributed by atoms with Crippen LogP contribution >= 0.6 is 0 Å². The number of anilines is 2. The molecule has 0 atom stereocenters. The molecule has 108 valence electrons. The zero-order valence-electron chi connectivity index (χ0n) is 9.05. The van der Waals surface area contributed by atoms with Gasteiger partial charge in [-0.15, -0.1) is 0 Å². The summed E-state index contributed by atoms with van der Waals surface area (Å²) < 4.78 is 86.4. The summed E-state index contributed by atoms with van der Waals surface area (Å²) in [6.45, 7) is -1.84. The smallest absolute Gasteiger partial charge is 0.397 e. The molecule has 0 spiro atoms. The van der Waals surface area contributed by atoms with E-state index in [0.717, 1.165) is 4.72 Å². The summed E-state index contributed by atoms with van der Waals surface area (Å²) in [5.41, 5.74) is 3.72. The van der Waals surface area contributed by atoms with Gasteiger partial charge in [0.05, 0.1) is 5.69 Å². The van der Waals surface area contributed by atoms with Gasteiger partial charge >= 0.3 is 6.18 Å². The first-order valence-electron chi connectivity index (χ1n) is 4.59. The second-order valence-electron chi connectivity index (χ2n) is 3.39. The van der Waals surface area contributed by atoms with Gasteiger partial charge in [0, 0.05) is 6.07 Å².